The number of carbonyl (C=O) groups excluding carboxylic acids is 1. The molecule has 1 fully saturated rings. The van der Waals surface area contributed by atoms with Gasteiger partial charge in [0.1, 0.15) is 11.9 Å². The maximum absolute atomic E-state index is 11.5. The summed E-state index contributed by atoms with van der Waals surface area (Å²) in [4.78, 5) is 14.3. The monoisotopic (exact) mass is 289 g/mol. The Bertz CT molecular complexity index is 627. The number of methoxy groups -OCH3 is 1. The Morgan fingerprint density at radius 1 is 1.62 bits per heavy atom. The zero-order chi connectivity index (χ0) is 15.0. The molecule has 0 spiro atoms. The number of carbonyl (C=O) groups is 1. The van der Waals surface area contributed by atoms with Crippen LogP contribution in [0.1, 0.15) is 23.5 Å². The molecule has 1 heterocycles. The number of ether oxygens (including phenoxy) is 2. The van der Waals surface area contributed by atoms with E-state index in [1.807, 2.05) is 18.2 Å². The number of hydrogen-bond acceptors (Lipinski definition) is 5. The van der Waals surface area contributed by atoms with Crippen molar-refractivity contribution < 1.29 is 19.4 Å². The predicted molar refractivity (Wildman–Crippen MR) is 72.9 cm³/mol. The van der Waals surface area contributed by atoms with E-state index in [4.69, 9.17) is 10.3 Å². The number of benzene rings is 1. The van der Waals surface area contributed by atoms with Gasteiger partial charge in [-0.25, -0.2) is 0 Å². The molecule has 3 rings (SSSR count). The Morgan fingerprint density at radius 2 is 2.43 bits per heavy atom. The number of hydrogen-bond donors (Lipinski definition) is 1. The third kappa shape index (κ3) is 2.20. The lowest BCUT2D eigenvalue weighted by Crippen LogP contribution is -2.21. The Balaban J connectivity index is 1.97. The Morgan fingerprint density at radius 3 is 3.14 bits per heavy atom. The van der Waals surface area contributed by atoms with Crippen LogP contribution in [0.15, 0.2) is 23.3 Å². The van der Waals surface area contributed by atoms with E-state index in [-0.39, 0.29) is 24.4 Å². The van der Waals surface area contributed by atoms with Crippen molar-refractivity contribution in [3.63, 3.8) is 0 Å². The van der Waals surface area contributed by atoms with Crippen LogP contribution in [0.4, 0.5) is 0 Å². The summed E-state index contributed by atoms with van der Waals surface area (Å²) in [7, 11) is 1.34. The molecule has 0 radical (unpaired) electrons. The van der Waals surface area contributed by atoms with Gasteiger partial charge in [0, 0.05) is 28.4 Å². The van der Waals surface area contributed by atoms with Gasteiger partial charge in [-0.15, -0.1) is 0 Å². The maximum Gasteiger partial charge on any atom is 0.310 e. The second-order valence-corrected chi connectivity index (χ2v) is 5.27. The van der Waals surface area contributed by atoms with Crippen LogP contribution in [0, 0.1) is 0 Å². The minimum Gasteiger partial charge on any atom is -0.489 e. The lowest BCUT2D eigenvalue weighted by molar-refractivity contribution is -0.139. The smallest absolute Gasteiger partial charge is 0.310 e. The lowest BCUT2D eigenvalue weighted by atomic mass is 9.92. The SMILES string of the molecule is COC(=O)Cc1cccc2c1OC1CC(O)C(N=[N+]=[N-])C21. The summed E-state index contributed by atoms with van der Waals surface area (Å²) < 4.78 is 10.6. The summed E-state index contributed by atoms with van der Waals surface area (Å²) in [6, 6.07) is 5.00. The second kappa shape index (κ2) is 5.27. The molecular formula is C14H15N3O4. The Hall–Kier alpha value is -2.24. The van der Waals surface area contributed by atoms with Gasteiger partial charge < -0.3 is 14.6 Å². The zero-order valence-corrected chi connectivity index (χ0v) is 11.5. The van der Waals surface area contributed by atoms with Crippen LogP contribution in [0.25, 0.3) is 10.4 Å². The van der Waals surface area contributed by atoms with E-state index in [1.165, 1.54) is 7.11 Å². The van der Waals surface area contributed by atoms with Crippen molar-refractivity contribution in [2.45, 2.75) is 37.0 Å². The minimum absolute atomic E-state index is 0.133. The van der Waals surface area contributed by atoms with Gasteiger partial charge in [0.05, 0.1) is 25.7 Å². The molecule has 0 amide bonds. The van der Waals surface area contributed by atoms with Gasteiger partial charge in [-0.2, -0.15) is 0 Å². The van der Waals surface area contributed by atoms with Crippen LogP contribution in [0.5, 0.6) is 5.75 Å². The van der Waals surface area contributed by atoms with Crippen LogP contribution in [0.3, 0.4) is 0 Å². The van der Waals surface area contributed by atoms with Crippen molar-refractivity contribution >= 4 is 5.97 Å². The van der Waals surface area contributed by atoms with E-state index in [9.17, 15) is 9.90 Å². The minimum atomic E-state index is -0.701. The van der Waals surface area contributed by atoms with Gasteiger partial charge >= 0.3 is 5.97 Å². The molecule has 21 heavy (non-hydrogen) atoms. The van der Waals surface area contributed by atoms with Crippen LogP contribution in [-0.2, 0) is 16.0 Å². The number of aliphatic hydroxyl groups excluding tert-OH is 1. The first-order chi connectivity index (χ1) is 10.2. The number of azide groups is 1. The fourth-order valence-corrected chi connectivity index (χ4v) is 3.23. The van der Waals surface area contributed by atoms with Crippen LogP contribution in [0.2, 0.25) is 0 Å². The summed E-state index contributed by atoms with van der Waals surface area (Å²) >= 11 is 0. The first kappa shape index (κ1) is 13.7. The number of esters is 1. The van der Waals surface area contributed by atoms with E-state index in [2.05, 4.69) is 14.8 Å². The van der Waals surface area contributed by atoms with Gasteiger partial charge in [0.15, 0.2) is 0 Å². The number of nitrogens with zero attached hydrogens (tertiary/aromatic N) is 3. The molecule has 110 valence electrons. The van der Waals surface area contributed by atoms with Crippen molar-refractivity contribution in [2.24, 2.45) is 5.11 Å². The molecule has 1 aromatic carbocycles. The number of fused-ring (bicyclic) bond motifs is 3. The molecule has 1 saturated carbocycles. The molecule has 1 aliphatic heterocycles. The number of para-hydroxylation sites is 1. The van der Waals surface area contributed by atoms with E-state index in [1.54, 1.807) is 0 Å². The van der Waals surface area contributed by atoms with Crippen molar-refractivity contribution in [2.75, 3.05) is 7.11 Å². The average molecular weight is 289 g/mol. The maximum atomic E-state index is 11.5. The Kier molecular flexibility index (Phi) is 3.45. The molecule has 0 aromatic heterocycles. The highest BCUT2D eigenvalue weighted by Gasteiger charge is 2.49. The molecule has 4 unspecified atom stereocenters. The van der Waals surface area contributed by atoms with Crippen molar-refractivity contribution in [1.82, 2.24) is 0 Å². The summed E-state index contributed by atoms with van der Waals surface area (Å²) in [5.74, 6) is 0.155. The van der Waals surface area contributed by atoms with E-state index < -0.39 is 12.1 Å². The molecule has 1 aliphatic carbocycles. The van der Waals surface area contributed by atoms with Crippen molar-refractivity contribution in [1.29, 1.82) is 0 Å². The Labute approximate surface area is 121 Å². The highest BCUT2D eigenvalue weighted by molar-refractivity contribution is 5.74. The summed E-state index contributed by atoms with van der Waals surface area (Å²) in [5.41, 5.74) is 10.3. The molecule has 2 aliphatic rings. The summed E-state index contributed by atoms with van der Waals surface area (Å²) in [5, 5.41) is 13.7. The summed E-state index contributed by atoms with van der Waals surface area (Å²) in [6.07, 6.45) is -0.369. The first-order valence-corrected chi connectivity index (χ1v) is 6.73. The standard InChI is InChI=1S/C14H15N3O4/c1-20-11(19)5-7-3-2-4-8-12-10(21-14(7)8)6-9(18)13(12)16-17-15/h2-4,9-10,12-13,18H,5-6H2,1H3. The van der Waals surface area contributed by atoms with Gasteiger partial charge in [0.2, 0.25) is 0 Å². The summed E-state index contributed by atoms with van der Waals surface area (Å²) in [6.45, 7) is 0. The van der Waals surface area contributed by atoms with E-state index in [0.29, 0.717) is 12.2 Å². The molecule has 7 nitrogen and oxygen atoms in total. The van der Waals surface area contributed by atoms with Gasteiger partial charge in [-0.1, -0.05) is 23.3 Å². The predicted octanol–water partition coefficient (Wildman–Crippen LogP) is 1.69. The van der Waals surface area contributed by atoms with Gasteiger partial charge in [-0.05, 0) is 5.53 Å². The molecule has 0 saturated heterocycles. The average Bonchev–Trinajstić information content (AvgIpc) is 2.97. The highest BCUT2D eigenvalue weighted by Crippen LogP contribution is 2.49. The lowest BCUT2D eigenvalue weighted by Gasteiger charge is -2.15. The third-order valence-electron chi connectivity index (χ3n) is 4.14. The van der Waals surface area contributed by atoms with Crippen LogP contribution < -0.4 is 4.74 Å². The van der Waals surface area contributed by atoms with Crippen molar-refractivity contribution in [3.8, 4) is 5.75 Å². The third-order valence-corrected chi connectivity index (χ3v) is 4.14. The largest absolute Gasteiger partial charge is 0.489 e. The second-order valence-electron chi connectivity index (χ2n) is 5.27. The van der Waals surface area contributed by atoms with Gasteiger partial charge in [-0.3, -0.25) is 4.79 Å². The zero-order valence-electron chi connectivity index (χ0n) is 11.5. The molecular weight excluding hydrogens is 274 g/mol. The van der Waals surface area contributed by atoms with E-state index >= 15 is 0 Å². The number of rotatable bonds is 3. The van der Waals surface area contributed by atoms with Crippen LogP contribution >= 0.6 is 0 Å². The molecule has 0 bridgehead atoms. The van der Waals surface area contributed by atoms with Crippen LogP contribution in [-0.4, -0.2) is 36.4 Å². The molecule has 4 atom stereocenters. The van der Waals surface area contributed by atoms with Crippen molar-refractivity contribution in [3.05, 3.63) is 39.8 Å². The fourth-order valence-electron chi connectivity index (χ4n) is 3.23. The van der Waals surface area contributed by atoms with Gasteiger partial charge in [0.25, 0.3) is 0 Å². The topological polar surface area (TPSA) is 105 Å². The highest BCUT2D eigenvalue weighted by atomic mass is 16.5. The normalized spacial score (nSPS) is 29.0. The molecule has 7 heteroatoms. The molecule has 1 N–H and O–H groups in total. The first-order valence-electron chi connectivity index (χ1n) is 6.73. The fraction of sp³-hybridized carbons (Fsp3) is 0.500. The molecule has 1 aromatic rings. The number of aliphatic hydroxyl groups is 1. The van der Waals surface area contributed by atoms with E-state index in [0.717, 1.165) is 11.1 Å². The quantitative estimate of drug-likeness (QED) is 0.395.